The van der Waals surface area contributed by atoms with Gasteiger partial charge in [0.25, 0.3) is 0 Å². The van der Waals surface area contributed by atoms with Crippen LogP contribution in [-0.2, 0) is 6.54 Å². The van der Waals surface area contributed by atoms with Crippen molar-refractivity contribution in [3.8, 4) is 11.3 Å². The molecule has 1 aromatic carbocycles. The zero-order valence-electron chi connectivity index (χ0n) is 11.7. The number of nitrogens with zero attached hydrogens (tertiary/aromatic N) is 2. The maximum absolute atomic E-state index is 5.72. The van der Waals surface area contributed by atoms with Crippen LogP contribution in [0.1, 0.15) is 18.5 Å². The molecule has 0 amide bonds. The summed E-state index contributed by atoms with van der Waals surface area (Å²) in [6.07, 6.45) is 2.39. The number of rotatable bonds is 4. The largest absolute Gasteiger partial charge is 0.356 e. The summed E-state index contributed by atoms with van der Waals surface area (Å²) < 4.78 is 5.44. The minimum absolute atomic E-state index is 0.698. The number of aromatic nitrogens is 1. The van der Waals surface area contributed by atoms with E-state index in [1.54, 1.807) is 0 Å². The molecule has 0 spiro atoms. The zero-order valence-corrected chi connectivity index (χ0v) is 11.7. The maximum atomic E-state index is 5.72. The molecule has 106 valence electrons. The topological polar surface area (TPSA) is 55.3 Å². The van der Waals surface area contributed by atoms with E-state index in [1.165, 1.54) is 12.8 Å². The molecule has 4 nitrogen and oxygen atoms in total. The number of hydrogen-bond donors (Lipinski definition) is 1. The van der Waals surface area contributed by atoms with Crippen molar-refractivity contribution in [2.45, 2.75) is 19.4 Å². The maximum Gasteiger partial charge on any atom is 0.167 e. The first-order valence-corrected chi connectivity index (χ1v) is 7.28. The van der Waals surface area contributed by atoms with Crippen molar-refractivity contribution >= 4 is 0 Å². The quantitative estimate of drug-likeness (QED) is 0.928. The Morgan fingerprint density at radius 1 is 1.20 bits per heavy atom. The van der Waals surface area contributed by atoms with Crippen LogP contribution in [0.3, 0.4) is 0 Å². The van der Waals surface area contributed by atoms with Crippen LogP contribution in [0, 0.1) is 5.92 Å². The summed E-state index contributed by atoms with van der Waals surface area (Å²) in [7, 11) is 0. The highest BCUT2D eigenvalue weighted by Crippen LogP contribution is 2.22. The highest BCUT2D eigenvalue weighted by atomic mass is 16.5. The SMILES string of the molecule is NCC1CCN(Cc2cc(-c3ccccc3)on2)CC1. The first kappa shape index (κ1) is 13.3. The van der Waals surface area contributed by atoms with Crippen LogP contribution >= 0.6 is 0 Å². The first-order valence-electron chi connectivity index (χ1n) is 7.28. The predicted octanol–water partition coefficient (Wildman–Crippen LogP) is 2.51. The summed E-state index contributed by atoms with van der Waals surface area (Å²) in [5, 5.41) is 4.18. The van der Waals surface area contributed by atoms with Gasteiger partial charge in [0.2, 0.25) is 0 Å². The molecule has 2 heterocycles. The molecule has 2 aromatic rings. The van der Waals surface area contributed by atoms with Gasteiger partial charge in [-0.15, -0.1) is 0 Å². The van der Waals surface area contributed by atoms with Crippen LogP contribution < -0.4 is 5.73 Å². The second-order valence-corrected chi connectivity index (χ2v) is 5.50. The third-order valence-electron chi connectivity index (χ3n) is 4.04. The lowest BCUT2D eigenvalue weighted by Gasteiger charge is -2.30. The van der Waals surface area contributed by atoms with Crippen molar-refractivity contribution in [1.82, 2.24) is 10.1 Å². The van der Waals surface area contributed by atoms with E-state index in [-0.39, 0.29) is 0 Å². The Kier molecular flexibility index (Phi) is 4.14. The average molecular weight is 271 g/mol. The van der Waals surface area contributed by atoms with Crippen LogP contribution in [0.4, 0.5) is 0 Å². The lowest BCUT2D eigenvalue weighted by molar-refractivity contribution is 0.176. The molecule has 1 fully saturated rings. The monoisotopic (exact) mass is 271 g/mol. The van der Waals surface area contributed by atoms with Crippen LogP contribution in [0.15, 0.2) is 40.9 Å². The van der Waals surface area contributed by atoms with E-state index in [0.29, 0.717) is 5.92 Å². The van der Waals surface area contributed by atoms with Crippen molar-refractivity contribution in [2.24, 2.45) is 11.7 Å². The number of benzene rings is 1. The van der Waals surface area contributed by atoms with Crippen molar-refractivity contribution in [3.05, 3.63) is 42.1 Å². The van der Waals surface area contributed by atoms with Gasteiger partial charge in [0.1, 0.15) is 0 Å². The van der Waals surface area contributed by atoms with Crippen molar-refractivity contribution < 1.29 is 4.52 Å². The van der Waals surface area contributed by atoms with E-state index in [4.69, 9.17) is 10.3 Å². The first-order chi connectivity index (χ1) is 9.85. The molecule has 0 radical (unpaired) electrons. The van der Waals surface area contributed by atoms with Crippen LogP contribution in [0.25, 0.3) is 11.3 Å². The molecule has 3 rings (SSSR count). The van der Waals surface area contributed by atoms with Crippen molar-refractivity contribution in [2.75, 3.05) is 19.6 Å². The van der Waals surface area contributed by atoms with E-state index in [9.17, 15) is 0 Å². The Labute approximate surface area is 119 Å². The molecule has 1 aliphatic heterocycles. The van der Waals surface area contributed by atoms with Gasteiger partial charge in [-0.25, -0.2) is 0 Å². The molecule has 20 heavy (non-hydrogen) atoms. The molecular formula is C16H21N3O. The summed E-state index contributed by atoms with van der Waals surface area (Å²) in [6, 6.07) is 12.1. The van der Waals surface area contributed by atoms with E-state index in [1.807, 2.05) is 36.4 Å². The molecule has 4 heteroatoms. The fourth-order valence-corrected chi connectivity index (χ4v) is 2.73. The lowest BCUT2D eigenvalue weighted by Crippen LogP contribution is -2.35. The summed E-state index contributed by atoms with van der Waals surface area (Å²) in [6.45, 7) is 3.90. The highest BCUT2D eigenvalue weighted by molar-refractivity contribution is 5.56. The average Bonchev–Trinajstić information content (AvgIpc) is 2.97. The standard InChI is InChI=1S/C16H21N3O/c17-11-13-6-8-19(9-7-13)12-15-10-16(20-18-15)14-4-2-1-3-5-14/h1-5,10,13H,6-9,11-12,17H2. The van der Waals surface area contributed by atoms with Gasteiger partial charge >= 0.3 is 0 Å². The van der Waals surface area contributed by atoms with Crippen LogP contribution in [0.2, 0.25) is 0 Å². The number of piperidine rings is 1. The molecule has 0 aliphatic carbocycles. The third-order valence-corrected chi connectivity index (χ3v) is 4.04. The highest BCUT2D eigenvalue weighted by Gasteiger charge is 2.19. The van der Waals surface area contributed by atoms with E-state index < -0.39 is 0 Å². The number of hydrogen-bond acceptors (Lipinski definition) is 4. The van der Waals surface area contributed by atoms with Gasteiger partial charge in [0.05, 0.1) is 5.69 Å². The number of likely N-dealkylation sites (tertiary alicyclic amines) is 1. The molecule has 0 bridgehead atoms. The molecule has 0 saturated carbocycles. The molecule has 1 aliphatic rings. The van der Waals surface area contributed by atoms with Gasteiger partial charge in [-0.1, -0.05) is 35.5 Å². The smallest absolute Gasteiger partial charge is 0.167 e. The van der Waals surface area contributed by atoms with Gasteiger partial charge in [0, 0.05) is 18.2 Å². The van der Waals surface area contributed by atoms with Crippen LogP contribution in [-0.4, -0.2) is 29.7 Å². The van der Waals surface area contributed by atoms with Gasteiger partial charge < -0.3 is 10.3 Å². The van der Waals surface area contributed by atoms with Gasteiger partial charge in [-0.2, -0.15) is 0 Å². The van der Waals surface area contributed by atoms with E-state index in [2.05, 4.69) is 10.1 Å². The summed E-state index contributed by atoms with van der Waals surface area (Å²) in [5.41, 5.74) is 7.81. The Morgan fingerprint density at radius 2 is 1.95 bits per heavy atom. The molecule has 1 aromatic heterocycles. The normalized spacial score (nSPS) is 17.4. The van der Waals surface area contributed by atoms with E-state index in [0.717, 1.165) is 43.2 Å². The molecule has 2 N–H and O–H groups in total. The Balaban J connectivity index is 1.61. The molecular weight excluding hydrogens is 250 g/mol. The Morgan fingerprint density at radius 3 is 2.65 bits per heavy atom. The summed E-state index contributed by atoms with van der Waals surface area (Å²) >= 11 is 0. The van der Waals surface area contributed by atoms with Crippen molar-refractivity contribution in [1.29, 1.82) is 0 Å². The second kappa shape index (κ2) is 6.20. The Hall–Kier alpha value is -1.65. The second-order valence-electron chi connectivity index (χ2n) is 5.50. The summed E-state index contributed by atoms with van der Waals surface area (Å²) in [5.74, 6) is 1.54. The molecule has 0 unspecified atom stereocenters. The third kappa shape index (κ3) is 3.08. The predicted molar refractivity (Wildman–Crippen MR) is 79.0 cm³/mol. The molecule has 0 atom stereocenters. The van der Waals surface area contributed by atoms with Gasteiger partial charge in [0.15, 0.2) is 5.76 Å². The fraction of sp³-hybridized carbons (Fsp3) is 0.438. The Bertz CT molecular complexity index is 530. The minimum atomic E-state index is 0.698. The minimum Gasteiger partial charge on any atom is -0.356 e. The lowest BCUT2D eigenvalue weighted by atomic mass is 9.97. The van der Waals surface area contributed by atoms with Gasteiger partial charge in [-0.3, -0.25) is 4.90 Å². The molecule has 1 saturated heterocycles. The van der Waals surface area contributed by atoms with Crippen LogP contribution in [0.5, 0.6) is 0 Å². The summed E-state index contributed by atoms with van der Waals surface area (Å²) in [4.78, 5) is 2.43. The number of nitrogens with two attached hydrogens (primary N) is 1. The van der Waals surface area contributed by atoms with Crippen molar-refractivity contribution in [3.63, 3.8) is 0 Å². The zero-order chi connectivity index (χ0) is 13.8. The van der Waals surface area contributed by atoms with Gasteiger partial charge in [-0.05, 0) is 38.4 Å². The van der Waals surface area contributed by atoms with E-state index >= 15 is 0 Å². The fourth-order valence-electron chi connectivity index (χ4n) is 2.73.